The normalized spacial score (nSPS) is 11.4. The summed E-state index contributed by atoms with van der Waals surface area (Å²) in [6.07, 6.45) is 2.22. The number of phenolic OH excluding ortho intramolecular Hbond substituents is 1. The zero-order chi connectivity index (χ0) is 10.6. The van der Waals surface area contributed by atoms with E-state index >= 15 is 0 Å². The first-order valence-corrected chi connectivity index (χ1v) is 4.27. The number of hydrogen-bond acceptors (Lipinski definition) is 2. The van der Waals surface area contributed by atoms with E-state index in [1.807, 2.05) is 0 Å². The number of carbonyl (C=O) groups is 1. The van der Waals surface area contributed by atoms with Crippen molar-refractivity contribution >= 4 is 5.97 Å². The summed E-state index contributed by atoms with van der Waals surface area (Å²) in [5, 5.41) is 17.6. The van der Waals surface area contributed by atoms with Crippen molar-refractivity contribution in [2.24, 2.45) is 0 Å². The minimum atomic E-state index is -0.899. The third-order valence-corrected chi connectivity index (χ3v) is 1.92. The minimum absolute atomic E-state index is 0.215. The lowest BCUT2D eigenvalue weighted by Crippen LogP contribution is -1.96. The van der Waals surface area contributed by atoms with Crippen LogP contribution in [-0.2, 0) is 11.2 Å². The zero-order valence-electron chi connectivity index (χ0n) is 7.90. The summed E-state index contributed by atoms with van der Waals surface area (Å²) < 4.78 is 0. The van der Waals surface area contributed by atoms with Crippen molar-refractivity contribution in [3.8, 4) is 5.75 Å². The molecule has 0 aromatic heterocycles. The van der Waals surface area contributed by atoms with E-state index in [-0.39, 0.29) is 5.75 Å². The molecule has 0 bridgehead atoms. The van der Waals surface area contributed by atoms with Gasteiger partial charge in [0.25, 0.3) is 0 Å². The van der Waals surface area contributed by atoms with Crippen molar-refractivity contribution in [2.45, 2.75) is 13.3 Å². The lowest BCUT2D eigenvalue weighted by molar-refractivity contribution is -0.132. The Kier molecular flexibility index (Phi) is 3.29. The maximum absolute atomic E-state index is 10.5. The highest BCUT2D eigenvalue weighted by Gasteiger charge is 1.98. The van der Waals surface area contributed by atoms with Gasteiger partial charge in [0.05, 0.1) is 0 Å². The fourth-order valence-electron chi connectivity index (χ4n) is 0.990. The van der Waals surface area contributed by atoms with Crippen molar-refractivity contribution in [3.63, 3.8) is 0 Å². The molecule has 1 rings (SSSR count). The molecule has 3 nitrogen and oxygen atoms in total. The molecule has 0 atom stereocenters. The second-order valence-electron chi connectivity index (χ2n) is 3.06. The molecule has 0 saturated heterocycles. The molecule has 0 unspecified atom stereocenters. The molecule has 0 amide bonds. The van der Waals surface area contributed by atoms with E-state index in [1.54, 1.807) is 37.3 Å². The fourth-order valence-corrected chi connectivity index (χ4v) is 0.990. The number of hydrogen-bond donors (Lipinski definition) is 2. The second-order valence-corrected chi connectivity index (χ2v) is 3.06. The van der Waals surface area contributed by atoms with Crippen LogP contribution in [0, 0.1) is 0 Å². The van der Waals surface area contributed by atoms with Crippen LogP contribution < -0.4 is 0 Å². The molecule has 0 aliphatic rings. The van der Waals surface area contributed by atoms with E-state index in [4.69, 9.17) is 10.2 Å². The molecule has 0 spiro atoms. The molecule has 3 heteroatoms. The van der Waals surface area contributed by atoms with E-state index in [1.165, 1.54) is 0 Å². The molecule has 1 aromatic carbocycles. The van der Waals surface area contributed by atoms with Gasteiger partial charge in [-0.3, -0.25) is 0 Å². The Morgan fingerprint density at radius 2 is 1.93 bits per heavy atom. The Morgan fingerprint density at radius 3 is 2.43 bits per heavy atom. The Bertz CT molecular complexity index is 349. The van der Waals surface area contributed by atoms with Crippen molar-refractivity contribution < 1.29 is 15.0 Å². The van der Waals surface area contributed by atoms with E-state index < -0.39 is 5.97 Å². The van der Waals surface area contributed by atoms with Gasteiger partial charge < -0.3 is 10.2 Å². The first-order valence-electron chi connectivity index (χ1n) is 4.27. The quantitative estimate of drug-likeness (QED) is 0.720. The van der Waals surface area contributed by atoms with Gasteiger partial charge in [-0.1, -0.05) is 18.2 Å². The summed E-state index contributed by atoms with van der Waals surface area (Å²) in [5.41, 5.74) is 1.31. The summed E-state index contributed by atoms with van der Waals surface area (Å²) in [7, 11) is 0. The molecule has 0 radical (unpaired) electrons. The maximum atomic E-state index is 10.5. The number of phenols is 1. The van der Waals surface area contributed by atoms with Gasteiger partial charge in [0, 0.05) is 5.57 Å². The topological polar surface area (TPSA) is 57.5 Å². The third-order valence-electron chi connectivity index (χ3n) is 1.92. The number of allylic oxidation sites excluding steroid dienone is 1. The van der Waals surface area contributed by atoms with Crippen LogP contribution in [0.5, 0.6) is 5.75 Å². The van der Waals surface area contributed by atoms with Crippen LogP contribution in [0.15, 0.2) is 35.9 Å². The van der Waals surface area contributed by atoms with E-state index in [0.29, 0.717) is 12.0 Å². The molecule has 2 N–H and O–H groups in total. The van der Waals surface area contributed by atoms with Crippen LogP contribution in [0.25, 0.3) is 0 Å². The standard InChI is InChI=1S/C11H12O3/c1-8(11(13)14)2-3-9-4-6-10(12)7-5-9/h2,4-7,12H,3H2,1H3,(H,13,14). The van der Waals surface area contributed by atoms with Crippen LogP contribution in [0.1, 0.15) is 12.5 Å². The third kappa shape index (κ3) is 2.94. The Labute approximate surface area is 82.3 Å². The van der Waals surface area contributed by atoms with Gasteiger partial charge in [-0.05, 0) is 31.0 Å². The highest BCUT2D eigenvalue weighted by molar-refractivity contribution is 5.85. The molecule has 0 aliphatic heterocycles. The van der Waals surface area contributed by atoms with E-state index in [9.17, 15) is 4.79 Å². The van der Waals surface area contributed by atoms with Gasteiger partial charge in [0.1, 0.15) is 5.75 Å². The highest BCUT2D eigenvalue weighted by Crippen LogP contribution is 2.10. The number of aliphatic carboxylic acids is 1. The lowest BCUT2D eigenvalue weighted by Gasteiger charge is -1.97. The van der Waals surface area contributed by atoms with Crippen LogP contribution in [0.2, 0.25) is 0 Å². The number of rotatable bonds is 3. The largest absolute Gasteiger partial charge is 0.508 e. The van der Waals surface area contributed by atoms with Gasteiger partial charge >= 0.3 is 5.97 Å². The Hall–Kier alpha value is -1.77. The number of carboxylic acid groups (broad SMARTS) is 1. The van der Waals surface area contributed by atoms with Gasteiger partial charge in [0.2, 0.25) is 0 Å². The summed E-state index contributed by atoms with van der Waals surface area (Å²) in [5.74, 6) is -0.684. The SMILES string of the molecule is CC(=CCc1ccc(O)cc1)C(=O)O. The van der Waals surface area contributed by atoms with Crippen molar-refractivity contribution in [1.82, 2.24) is 0 Å². The minimum Gasteiger partial charge on any atom is -0.508 e. The summed E-state index contributed by atoms with van der Waals surface area (Å²) in [4.78, 5) is 10.5. The van der Waals surface area contributed by atoms with E-state index in [2.05, 4.69) is 0 Å². The molecule has 0 fully saturated rings. The number of benzene rings is 1. The lowest BCUT2D eigenvalue weighted by atomic mass is 10.1. The predicted octanol–water partition coefficient (Wildman–Crippen LogP) is 1.97. The first kappa shape index (κ1) is 10.3. The second kappa shape index (κ2) is 4.46. The molecular weight excluding hydrogens is 180 g/mol. The van der Waals surface area contributed by atoms with Gasteiger partial charge in [0.15, 0.2) is 0 Å². The zero-order valence-corrected chi connectivity index (χ0v) is 7.90. The summed E-state index contributed by atoms with van der Waals surface area (Å²) in [6.45, 7) is 1.56. The molecule has 1 aromatic rings. The van der Waals surface area contributed by atoms with Crippen LogP contribution in [0.3, 0.4) is 0 Å². The summed E-state index contributed by atoms with van der Waals surface area (Å²) in [6, 6.07) is 6.69. The van der Waals surface area contributed by atoms with Crippen LogP contribution >= 0.6 is 0 Å². The van der Waals surface area contributed by atoms with Crippen molar-refractivity contribution in [3.05, 3.63) is 41.5 Å². The monoisotopic (exact) mass is 192 g/mol. The molecule has 0 aliphatic carbocycles. The predicted molar refractivity (Wildman–Crippen MR) is 53.2 cm³/mol. The maximum Gasteiger partial charge on any atom is 0.330 e. The molecule has 74 valence electrons. The van der Waals surface area contributed by atoms with E-state index in [0.717, 1.165) is 5.56 Å². The van der Waals surface area contributed by atoms with Gasteiger partial charge in [-0.2, -0.15) is 0 Å². The molecule has 14 heavy (non-hydrogen) atoms. The van der Waals surface area contributed by atoms with Gasteiger partial charge in [-0.25, -0.2) is 4.79 Å². The highest BCUT2D eigenvalue weighted by atomic mass is 16.4. The summed E-state index contributed by atoms with van der Waals surface area (Å²) >= 11 is 0. The van der Waals surface area contributed by atoms with Crippen molar-refractivity contribution in [1.29, 1.82) is 0 Å². The number of carboxylic acids is 1. The number of aromatic hydroxyl groups is 1. The average Bonchev–Trinajstić information content (AvgIpc) is 2.16. The van der Waals surface area contributed by atoms with Crippen LogP contribution in [0.4, 0.5) is 0 Å². The Morgan fingerprint density at radius 1 is 1.36 bits per heavy atom. The molecule has 0 heterocycles. The molecule has 0 saturated carbocycles. The first-order chi connectivity index (χ1) is 6.59. The smallest absolute Gasteiger partial charge is 0.330 e. The fraction of sp³-hybridized carbons (Fsp3) is 0.182. The van der Waals surface area contributed by atoms with Gasteiger partial charge in [-0.15, -0.1) is 0 Å². The molecular formula is C11H12O3. The Balaban J connectivity index is 2.66. The average molecular weight is 192 g/mol. The van der Waals surface area contributed by atoms with Crippen LogP contribution in [-0.4, -0.2) is 16.2 Å². The van der Waals surface area contributed by atoms with Crippen molar-refractivity contribution in [2.75, 3.05) is 0 Å².